The van der Waals surface area contributed by atoms with Gasteiger partial charge in [-0.05, 0) is 23.8 Å². The molecule has 1 aromatic carbocycles. The molecular weight excluding hydrogens is 274 g/mol. The molecule has 0 heterocycles. The topological polar surface area (TPSA) is 38.3 Å². The number of benzene rings is 1. The lowest BCUT2D eigenvalue weighted by Gasteiger charge is -2.22. The Labute approximate surface area is 135 Å². The third-order valence-electron chi connectivity index (χ3n) is 3.87. The van der Waals surface area contributed by atoms with E-state index in [1.54, 1.807) is 0 Å². The number of amides is 1. The van der Waals surface area contributed by atoms with Crippen LogP contribution in [0.15, 0.2) is 30.3 Å². The first-order chi connectivity index (χ1) is 10.6. The summed E-state index contributed by atoms with van der Waals surface area (Å²) in [5.41, 5.74) is 1.10. The van der Waals surface area contributed by atoms with Crippen molar-refractivity contribution < 1.29 is 9.53 Å². The molecular formula is C19H31NO2. The van der Waals surface area contributed by atoms with Crippen LogP contribution in [0.1, 0.15) is 52.0 Å². The number of hydrogen-bond donors (Lipinski definition) is 1. The number of rotatable bonds is 10. The van der Waals surface area contributed by atoms with E-state index in [1.807, 2.05) is 30.3 Å². The van der Waals surface area contributed by atoms with E-state index in [2.05, 4.69) is 33.0 Å². The van der Waals surface area contributed by atoms with Crippen LogP contribution in [0.2, 0.25) is 0 Å². The molecule has 0 radical (unpaired) electrons. The lowest BCUT2D eigenvalue weighted by atomic mass is 9.85. The zero-order valence-electron chi connectivity index (χ0n) is 14.5. The van der Waals surface area contributed by atoms with Crippen molar-refractivity contribution in [2.75, 3.05) is 19.8 Å². The minimum Gasteiger partial charge on any atom is -0.381 e. The molecule has 0 fully saturated rings. The lowest BCUT2D eigenvalue weighted by Crippen LogP contribution is -2.33. The molecule has 0 aliphatic carbocycles. The molecule has 0 aliphatic heterocycles. The van der Waals surface area contributed by atoms with Gasteiger partial charge in [-0.2, -0.15) is 0 Å². The molecule has 0 aliphatic rings. The van der Waals surface area contributed by atoms with Crippen molar-refractivity contribution in [3.63, 3.8) is 0 Å². The number of nitrogens with one attached hydrogen (secondary N) is 1. The Morgan fingerprint density at radius 2 is 1.86 bits per heavy atom. The Kier molecular flexibility index (Phi) is 8.83. The quantitative estimate of drug-likeness (QED) is 0.664. The third-order valence-corrected chi connectivity index (χ3v) is 3.87. The zero-order valence-corrected chi connectivity index (χ0v) is 14.5. The Morgan fingerprint density at radius 1 is 1.18 bits per heavy atom. The van der Waals surface area contributed by atoms with E-state index >= 15 is 0 Å². The van der Waals surface area contributed by atoms with Crippen LogP contribution < -0.4 is 5.32 Å². The molecule has 22 heavy (non-hydrogen) atoms. The second kappa shape index (κ2) is 10.4. The molecule has 0 saturated heterocycles. The summed E-state index contributed by atoms with van der Waals surface area (Å²) in [6, 6.07) is 10.1. The number of hydrogen-bond acceptors (Lipinski definition) is 2. The van der Waals surface area contributed by atoms with E-state index in [1.165, 1.54) is 0 Å². The fraction of sp³-hybridized carbons (Fsp3) is 0.632. The Morgan fingerprint density at radius 3 is 2.45 bits per heavy atom. The van der Waals surface area contributed by atoms with Crippen molar-refractivity contribution in [1.29, 1.82) is 0 Å². The molecule has 3 nitrogen and oxygen atoms in total. The van der Waals surface area contributed by atoms with Crippen molar-refractivity contribution in [2.24, 2.45) is 11.8 Å². The van der Waals surface area contributed by atoms with E-state index in [-0.39, 0.29) is 11.8 Å². The minimum absolute atomic E-state index is 0.0669. The number of carbonyl (C=O) groups is 1. The summed E-state index contributed by atoms with van der Waals surface area (Å²) in [4.78, 5) is 12.5. The second-order valence-electron chi connectivity index (χ2n) is 6.39. The van der Waals surface area contributed by atoms with Gasteiger partial charge in [0, 0.05) is 19.8 Å². The van der Waals surface area contributed by atoms with Gasteiger partial charge in [0.1, 0.15) is 0 Å². The third kappa shape index (κ3) is 6.61. The molecule has 0 spiro atoms. The molecule has 2 unspecified atom stereocenters. The fourth-order valence-corrected chi connectivity index (χ4v) is 2.45. The van der Waals surface area contributed by atoms with Gasteiger partial charge in [0.15, 0.2) is 0 Å². The molecule has 0 bridgehead atoms. The summed E-state index contributed by atoms with van der Waals surface area (Å²) in [5, 5.41) is 3.07. The van der Waals surface area contributed by atoms with Gasteiger partial charge in [-0.15, -0.1) is 0 Å². The van der Waals surface area contributed by atoms with Gasteiger partial charge < -0.3 is 10.1 Å². The first-order valence-electron chi connectivity index (χ1n) is 8.46. The van der Waals surface area contributed by atoms with Crippen LogP contribution in [0.4, 0.5) is 0 Å². The molecule has 2 atom stereocenters. The van der Waals surface area contributed by atoms with Crippen LogP contribution in [0.25, 0.3) is 0 Å². The van der Waals surface area contributed by atoms with Gasteiger partial charge in [0.25, 0.3) is 0 Å². The maximum atomic E-state index is 12.5. The Hall–Kier alpha value is -1.35. The highest BCUT2D eigenvalue weighted by atomic mass is 16.5. The van der Waals surface area contributed by atoms with Crippen molar-refractivity contribution in [3.8, 4) is 0 Å². The van der Waals surface area contributed by atoms with Crippen LogP contribution in [-0.2, 0) is 9.53 Å². The summed E-state index contributed by atoms with van der Waals surface area (Å²) >= 11 is 0. The van der Waals surface area contributed by atoms with Crippen molar-refractivity contribution in [3.05, 3.63) is 35.9 Å². The normalized spacial score (nSPS) is 13.9. The number of ether oxygens (including phenoxy) is 1. The van der Waals surface area contributed by atoms with Gasteiger partial charge in [-0.1, -0.05) is 64.4 Å². The minimum atomic E-state index is -0.0669. The van der Waals surface area contributed by atoms with E-state index in [0.29, 0.717) is 25.0 Å². The van der Waals surface area contributed by atoms with E-state index in [0.717, 1.165) is 25.0 Å². The molecule has 1 N–H and O–H groups in total. The SMILES string of the molecule is CCC(C)C(C(=O)NCCCOCC(C)C)c1ccccc1. The highest BCUT2D eigenvalue weighted by Crippen LogP contribution is 2.27. The number of carbonyl (C=O) groups excluding carboxylic acids is 1. The van der Waals surface area contributed by atoms with Gasteiger partial charge in [-0.25, -0.2) is 0 Å². The van der Waals surface area contributed by atoms with E-state index in [9.17, 15) is 4.79 Å². The summed E-state index contributed by atoms with van der Waals surface area (Å²) in [5.74, 6) is 0.953. The molecule has 0 saturated carbocycles. The average Bonchev–Trinajstić information content (AvgIpc) is 2.51. The summed E-state index contributed by atoms with van der Waals surface area (Å²) in [6.07, 6.45) is 1.85. The van der Waals surface area contributed by atoms with Crippen LogP contribution in [0.5, 0.6) is 0 Å². The van der Waals surface area contributed by atoms with Crippen LogP contribution in [0.3, 0.4) is 0 Å². The van der Waals surface area contributed by atoms with Gasteiger partial charge in [-0.3, -0.25) is 4.79 Å². The summed E-state index contributed by atoms with van der Waals surface area (Å²) in [6.45, 7) is 10.7. The second-order valence-corrected chi connectivity index (χ2v) is 6.39. The molecule has 1 amide bonds. The smallest absolute Gasteiger partial charge is 0.227 e. The highest BCUT2D eigenvalue weighted by Gasteiger charge is 2.25. The van der Waals surface area contributed by atoms with E-state index in [4.69, 9.17) is 4.74 Å². The predicted molar refractivity (Wildman–Crippen MR) is 91.9 cm³/mol. The largest absolute Gasteiger partial charge is 0.381 e. The summed E-state index contributed by atoms with van der Waals surface area (Å²) in [7, 11) is 0. The van der Waals surface area contributed by atoms with Crippen LogP contribution in [-0.4, -0.2) is 25.7 Å². The Bertz CT molecular complexity index is 417. The van der Waals surface area contributed by atoms with Gasteiger partial charge in [0.2, 0.25) is 5.91 Å². The zero-order chi connectivity index (χ0) is 16.4. The lowest BCUT2D eigenvalue weighted by molar-refractivity contribution is -0.123. The molecule has 1 rings (SSSR count). The molecule has 1 aromatic rings. The summed E-state index contributed by atoms with van der Waals surface area (Å²) < 4.78 is 5.54. The van der Waals surface area contributed by atoms with E-state index < -0.39 is 0 Å². The Balaban J connectivity index is 2.45. The first-order valence-corrected chi connectivity index (χ1v) is 8.46. The van der Waals surface area contributed by atoms with Crippen LogP contribution in [0, 0.1) is 11.8 Å². The van der Waals surface area contributed by atoms with Crippen LogP contribution >= 0.6 is 0 Å². The van der Waals surface area contributed by atoms with Crippen molar-refractivity contribution >= 4 is 5.91 Å². The molecule has 124 valence electrons. The van der Waals surface area contributed by atoms with Crippen molar-refractivity contribution in [1.82, 2.24) is 5.32 Å². The van der Waals surface area contributed by atoms with Gasteiger partial charge in [0.05, 0.1) is 5.92 Å². The maximum Gasteiger partial charge on any atom is 0.227 e. The predicted octanol–water partition coefficient (Wildman–Crippen LogP) is 4.00. The molecule has 0 aromatic heterocycles. The molecule has 3 heteroatoms. The average molecular weight is 305 g/mol. The maximum absolute atomic E-state index is 12.5. The van der Waals surface area contributed by atoms with Gasteiger partial charge >= 0.3 is 0 Å². The van der Waals surface area contributed by atoms with Crippen molar-refractivity contribution in [2.45, 2.75) is 46.5 Å². The standard InChI is InChI=1S/C19H31NO2/c1-5-16(4)18(17-10-7-6-8-11-17)19(21)20-12-9-13-22-14-15(2)3/h6-8,10-11,15-16,18H,5,9,12-14H2,1-4H3,(H,20,21). The monoisotopic (exact) mass is 305 g/mol. The fourth-order valence-electron chi connectivity index (χ4n) is 2.45. The highest BCUT2D eigenvalue weighted by molar-refractivity contribution is 5.83. The first kappa shape index (κ1) is 18.7.